The van der Waals surface area contributed by atoms with E-state index in [0.717, 1.165) is 31.4 Å². The van der Waals surface area contributed by atoms with Gasteiger partial charge in [-0.25, -0.2) is 4.68 Å². The summed E-state index contributed by atoms with van der Waals surface area (Å²) in [5.74, 6) is 0.307. The molecule has 0 aromatic carbocycles. The highest BCUT2D eigenvalue weighted by molar-refractivity contribution is 5.79. The zero-order valence-electron chi connectivity index (χ0n) is 14.6. The van der Waals surface area contributed by atoms with Crippen molar-refractivity contribution < 1.29 is 19.0 Å². The average Bonchev–Trinajstić information content (AvgIpc) is 3.33. The number of carbonyl (C=O) groups excluding carboxylic acids is 1. The molecular weight excluding hydrogens is 324 g/mol. The van der Waals surface area contributed by atoms with Crippen LogP contribution in [0.4, 0.5) is 0 Å². The lowest BCUT2D eigenvalue weighted by Gasteiger charge is -2.24. The van der Waals surface area contributed by atoms with Crippen molar-refractivity contribution in [1.29, 1.82) is 0 Å². The molecule has 2 aliphatic heterocycles. The summed E-state index contributed by atoms with van der Waals surface area (Å²) in [6.07, 6.45) is 7.20. The fourth-order valence-electron chi connectivity index (χ4n) is 4.18. The van der Waals surface area contributed by atoms with Crippen LogP contribution in [0.15, 0.2) is 6.20 Å². The fraction of sp³-hybridized carbons (Fsp3) is 0.824. The van der Waals surface area contributed by atoms with Gasteiger partial charge in [-0.05, 0) is 12.8 Å². The Labute approximate surface area is 147 Å². The topological polar surface area (TPSA) is 87.5 Å². The minimum absolute atomic E-state index is 0.0142. The number of fused-ring (bicyclic) bond motifs is 1. The van der Waals surface area contributed by atoms with Gasteiger partial charge in [-0.1, -0.05) is 24.5 Å². The van der Waals surface area contributed by atoms with Crippen LogP contribution in [0.1, 0.15) is 43.8 Å². The number of hydrogen-bond donors (Lipinski definition) is 1. The molecule has 0 unspecified atom stereocenters. The molecule has 0 bridgehead atoms. The van der Waals surface area contributed by atoms with Crippen LogP contribution >= 0.6 is 0 Å². The van der Waals surface area contributed by atoms with Crippen molar-refractivity contribution in [2.45, 2.75) is 63.0 Å². The fourth-order valence-corrected chi connectivity index (χ4v) is 4.18. The van der Waals surface area contributed by atoms with Crippen LogP contribution in [0.3, 0.4) is 0 Å². The van der Waals surface area contributed by atoms with Gasteiger partial charge in [0.05, 0.1) is 32.1 Å². The van der Waals surface area contributed by atoms with Crippen molar-refractivity contribution in [3.8, 4) is 0 Å². The molecule has 1 N–H and O–H groups in total. The van der Waals surface area contributed by atoms with Gasteiger partial charge in [-0.3, -0.25) is 4.79 Å². The first-order valence-electron chi connectivity index (χ1n) is 9.19. The Hall–Kier alpha value is -1.51. The lowest BCUT2D eigenvalue weighted by Crippen LogP contribution is -2.46. The lowest BCUT2D eigenvalue weighted by atomic mass is 9.88. The Morgan fingerprint density at radius 1 is 1.28 bits per heavy atom. The van der Waals surface area contributed by atoms with E-state index < -0.39 is 0 Å². The average molecular weight is 350 g/mol. The Morgan fingerprint density at radius 3 is 2.88 bits per heavy atom. The normalized spacial score (nSPS) is 32.7. The van der Waals surface area contributed by atoms with Crippen LogP contribution in [0.25, 0.3) is 0 Å². The summed E-state index contributed by atoms with van der Waals surface area (Å²) < 4.78 is 18.8. The number of ether oxygens (including phenoxy) is 3. The molecule has 1 aliphatic carbocycles. The number of amides is 1. The first kappa shape index (κ1) is 16.9. The summed E-state index contributed by atoms with van der Waals surface area (Å²) in [7, 11) is 1.63. The van der Waals surface area contributed by atoms with E-state index in [-0.39, 0.29) is 36.1 Å². The van der Waals surface area contributed by atoms with Crippen LogP contribution in [0.2, 0.25) is 0 Å². The SMILES string of the molecule is COCc1cn([C@H]2CO[C@H]3[C@@H]2OC[C@@H]3NC(=O)C2CCCCC2)nn1. The third-order valence-electron chi connectivity index (χ3n) is 5.52. The van der Waals surface area contributed by atoms with E-state index in [4.69, 9.17) is 14.2 Å². The van der Waals surface area contributed by atoms with E-state index in [9.17, 15) is 4.79 Å². The van der Waals surface area contributed by atoms with Crippen molar-refractivity contribution in [3.63, 3.8) is 0 Å². The third-order valence-corrected chi connectivity index (χ3v) is 5.52. The highest BCUT2D eigenvalue weighted by atomic mass is 16.6. The van der Waals surface area contributed by atoms with Gasteiger partial charge in [-0.2, -0.15) is 0 Å². The summed E-state index contributed by atoms with van der Waals surface area (Å²) in [5, 5.41) is 11.4. The number of rotatable bonds is 5. The zero-order chi connectivity index (χ0) is 17.2. The van der Waals surface area contributed by atoms with Gasteiger partial charge < -0.3 is 19.5 Å². The second kappa shape index (κ2) is 7.39. The minimum Gasteiger partial charge on any atom is -0.378 e. The molecule has 138 valence electrons. The summed E-state index contributed by atoms with van der Waals surface area (Å²) in [6, 6.07) is -0.0916. The second-order valence-electron chi connectivity index (χ2n) is 7.24. The summed E-state index contributed by atoms with van der Waals surface area (Å²) in [5.41, 5.74) is 0.783. The largest absolute Gasteiger partial charge is 0.378 e. The first-order valence-corrected chi connectivity index (χ1v) is 9.19. The minimum atomic E-state index is -0.118. The molecule has 0 radical (unpaired) electrons. The Kier molecular flexibility index (Phi) is 5.00. The van der Waals surface area contributed by atoms with Crippen molar-refractivity contribution in [2.75, 3.05) is 20.3 Å². The molecule has 1 aromatic rings. The standard InChI is InChI=1S/C17H26N4O4/c1-23-8-12-7-21(20-19-12)14-10-25-15-13(9-24-16(14)15)18-17(22)11-5-3-2-4-6-11/h7,11,13-16H,2-6,8-10H2,1H3,(H,18,22)/t13-,14-,15+,16+/m0/s1. The zero-order valence-corrected chi connectivity index (χ0v) is 14.6. The van der Waals surface area contributed by atoms with Gasteiger partial charge in [0.25, 0.3) is 0 Å². The van der Waals surface area contributed by atoms with E-state index in [1.54, 1.807) is 11.8 Å². The molecule has 3 heterocycles. The Morgan fingerprint density at radius 2 is 2.08 bits per heavy atom. The predicted molar refractivity (Wildman–Crippen MR) is 87.8 cm³/mol. The number of aromatic nitrogens is 3. The smallest absolute Gasteiger partial charge is 0.223 e. The van der Waals surface area contributed by atoms with Gasteiger partial charge >= 0.3 is 0 Å². The molecule has 1 aromatic heterocycles. The number of methoxy groups -OCH3 is 1. The molecule has 3 fully saturated rings. The number of nitrogens with zero attached hydrogens (tertiary/aromatic N) is 3. The van der Waals surface area contributed by atoms with Crippen LogP contribution in [-0.4, -0.2) is 59.5 Å². The van der Waals surface area contributed by atoms with Crippen molar-refractivity contribution in [1.82, 2.24) is 20.3 Å². The molecule has 0 spiro atoms. The van der Waals surface area contributed by atoms with Crippen molar-refractivity contribution in [2.24, 2.45) is 5.92 Å². The molecule has 8 nitrogen and oxygen atoms in total. The van der Waals surface area contributed by atoms with E-state index in [0.29, 0.717) is 19.8 Å². The Balaban J connectivity index is 1.37. The summed E-state index contributed by atoms with van der Waals surface area (Å²) >= 11 is 0. The number of hydrogen-bond acceptors (Lipinski definition) is 6. The maximum absolute atomic E-state index is 12.5. The highest BCUT2D eigenvalue weighted by Crippen LogP contribution is 2.34. The number of carbonyl (C=O) groups is 1. The van der Waals surface area contributed by atoms with Gasteiger partial charge in [-0.15, -0.1) is 5.10 Å². The number of nitrogens with one attached hydrogen (secondary N) is 1. The quantitative estimate of drug-likeness (QED) is 0.846. The molecule has 4 rings (SSSR count). The van der Waals surface area contributed by atoms with Crippen LogP contribution in [-0.2, 0) is 25.6 Å². The van der Waals surface area contributed by atoms with Gasteiger partial charge in [0.1, 0.15) is 23.9 Å². The van der Waals surface area contributed by atoms with E-state index >= 15 is 0 Å². The van der Waals surface area contributed by atoms with Crippen molar-refractivity contribution >= 4 is 5.91 Å². The van der Waals surface area contributed by atoms with E-state index in [1.807, 2.05) is 6.20 Å². The first-order chi connectivity index (χ1) is 12.3. The van der Waals surface area contributed by atoms with E-state index in [2.05, 4.69) is 15.6 Å². The van der Waals surface area contributed by atoms with Crippen molar-refractivity contribution in [3.05, 3.63) is 11.9 Å². The molecule has 2 saturated heterocycles. The second-order valence-corrected chi connectivity index (χ2v) is 7.24. The molecule has 1 saturated carbocycles. The molecule has 3 aliphatic rings. The van der Waals surface area contributed by atoms with Gasteiger partial charge in [0, 0.05) is 13.0 Å². The lowest BCUT2D eigenvalue weighted by molar-refractivity contribution is -0.127. The predicted octanol–water partition coefficient (Wildman–Crippen LogP) is 0.828. The molecule has 25 heavy (non-hydrogen) atoms. The maximum Gasteiger partial charge on any atom is 0.223 e. The summed E-state index contributed by atoms with van der Waals surface area (Å²) in [6.45, 7) is 1.44. The molecule has 8 heteroatoms. The highest BCUT2D eigenvalue weighted by Gasteiger charge is 2.49. The summed E-state index contributed by atoms with van der Waals surface area (Å²) in [4.78, 5) is 12.5. The third kappa shape index (κ3) is 3.43. The van der Waals surface area contributed by atoms with Crippen LogP contribution in [0.5, 0.6) is 0 Å². The van der Waals surface area contributed by atoms with Gasteiger partial charge in [0.2, 0.25) is 5.91 Å². The Bertz CT molecular complexity index is 601. The molecule has 4 atom stereocenters. The molecular formula is C17H26N4O4. The maximum atomic E-state index is 12.5. The molecule has 1 amide bonds. The van der Waals surface area contributed by atoms with E-state index in [1.165, 1.54) is 6.42 Å². The van der Waals surface area contributed by atoms with Crippen LogP contribution < -0.4 is 5.32 Å². The van der Waals surface area contributed by atoms with Crippen LogP contribution in [0, 0.1) is 5.92 Å². The monoisotopic (exact) mass is 350 g/mol. The van der Waals surface area contributed by atoms with Gasteiger partial charge in [0.15, 0.2) is 0 Å².